The van der Waals surface area contributed by atoms with Gasteiger partial charge < -0.3 is 0 Å². The second kappa shape index (κ2) is 5.42. The fraction of sp³-hybridized carbons (Fsp3) is 0.269. The van der Waals surface area contributed by atoms with Crippen LogP contribution in [0, 0.1) is 11.8 Å². The van der Waals surface area contributed by atoms with E-state index in [0.717, 1.165) is 19.3 Å². The summed E-state index contributed by atoms with van der Waals surface area (Å²) >= 11 is 0. The Morgan fingerprint density at radius 1 is 0.889 bits per heavy atom. The van der Waals surface area contributed by atoms with Crippen molar-refractivity contribution in [3.8, 4) is 11.1 Å². The molecule has 3 aliphatic carbocycles. The van der Waals surface area contributed by atoms with Gasteiger partial charge in [0, 0.05) is 6.42 Å². The van der Waals surface area contributed by atoms with Crippen LogP contribution in [0.2, 0.25) is 0 Å². The molecular weight excluding hydrogens is 328 g/mol. The zero-order chi connectivity index (χ0) is 18.0. The van der Waals surface area contributed by atoms with Gasteiger partial charge in [-0.2, -0.15) is 0 Å². The van der Waals surface area contributed by atoms with Crippen molar-refractivity contribution in [3.63, 3.8) is 0 Å². The quantitative estimate of drug-likeness (QED) is 0.503. The number of carbonyl (C=O) groups is 1. The average molecular weight is 350 g/mol. The first-order valence-corrected chi connectivity index (χ1v) is 10.1. The van der Waals surface area contributed by atoms with Crippen LogP contribution in [-0.4, -0.2) is 5.78 Å². The second-order valence-corrected chi connectivity index (χ2v) is 8.49. The van der Waals surface area contributed by atoms with Crippen molar-refractivity contribution in [1.82, 2.24) is 0 Å². The molecule has 3 aromatic carbocycles. The highest BCUT2D eigenvalue weighted by Gasteiger charge is 2.55. The molecule has 0 amide bonds. The largest absolute Gasteiger partial charge is 0.299 e. The Balaban J connectivity index is 1.60. The number of allylic oxidation sites excluding steroid dienone is 2. The molecule has 2 bridgehead atoms. The van der Waals surface area contributed by atoms with Gasteiger partial charge in [0.2, 0.25) is 0 Å². The van der Waals surface area contributed by atoms with Crippen LogP contribution < -0.4 is 0 Å². The van der Waals surface area contributed by atoms with Gasteiger partial charge >= 0.3 is 0 Å². The van der Waals surface area contributed by atoms with Crippen molar-refractivity contribution in [3.05, 3.63) is 83.9 Å². The van der Waals surface area contributed by atoms with E-state index >= 15 is 0 Å². The average Bonchev–Trinajstić information content (AvgIpc) is 3.32. The molecule has 6 rings (SSSR count). The molecule has 0 aliphatic heterocycles. The molecular formula is C26H22O. The summed E-state index contributed by atoms with van der Waals surface area (Å²) in [6, 6.07) is 21.9. The van der Waals surface area contributed by atoms with E-state index in [1.165, 1.54) is 33.0 Å². The van der Waals surface area contributed by atoms with E-state index in [4.69, 9.17) is 0 Å². The van der Waals surface area contributed by atoms with Crippen molar-refractivity contribution in [2.75, 3.05) is 0 Å². The fourth-order valence-electron chi connectivity index (χ4n) is 5.97. The van der Waals surface area contributed by atoms with E-state index in [-0.39, 0.29) is 5.41 Å². The van der Waals surface area contributed by atoms with E-state index in [0.29, 0.717) is 24.0 Å². The summed E-state index contributed by atoms with van der Waals surface area (Å²) in [5.41, 5.74) is 5.02. The summed E-state index contributed by atoms with van der Waals surface area (Å²) < 4.78 is 0. The molecule has 1 spiro atoms. The minimum Gasteiger partial charge on any atom is -0.299 e. The first kappa shape index (κ1) is 15.4. The van der Waals surface area contributed by atoms with Gasteiger partial charge in [-0.15, -0.1) is 0 Å². The van der Waals surface area contributed by atoms with E-state index in [9.17, 15) is 4.79 Å². The van der Waals surface area contributed by atoms with Gasteiger partial charge in [0.25, 0.3) is 0 Å². The predicted molar refractivity (Wildman–Crippen MR) is 110 cm³/mol. The summed E-state index contributed by atoms with van der Waals surface area (Å²) in [6.45, 7) is 0. The molecule has 1 heteroatoms. The molecule has 1 fully saturated rings. The molecule has 0 aromatic heterocycles. The third-order valence-electron chi connectivity index (χ3n) is 7.18. The maximum Gasteiger partial charge on any atom is 0.144 e. The predicted octanol–water partition coefficient (Wildman–Crippen LogP) is 5.86. The summed E-state index contributed by atoms with van der Waals surface area (Å²) in [7, 11) is 0. The lowest BCUT2D eigenvalue weighted by Gasteiger charge is -2.40. The minimum atomic E-state index is -0.246. The lowest BCUT2D eigenvalue weighted by molar-refractivity contribution is -0.126. The van der Waals surface area contributed by atoms with Crippen molar-refractivity contribution < 1.29 is 4.79 Å². The molecule has 0 heterocycles. The monoisotopic (exact) mass is 350 g/mol. The van der Waals surface area contributed by atoms with Crippen molar-refractivity contribution in [2.24, 2.45) is 11.8 Å². The number of hydrogen-bond acceptors (Lipinski definition) is 1. The Morgan fingerprint density at radius 2 is 1.78 bits per heavy atom. The second-order valence-electron chi connectivity index (χ2n) is 8.49. The Hall–Kier alpha value is -2.67. The first-order chi connectivity index (χ1) is 13.3. The van der Waals surface area contributed by atoms with Gasteiger partial charge in [-0.3, -0.25) is 4.79 Å². The summed E-state index contributed by atoms with van der Waals surface area (Å²) in [5, 5.41) is 2.57. The molecule has 0 saturated heterocycles. The number of hydrogen-bond donors (Lipinski definition) is 0. The molecule has 0 radical (unpaired) electrons. The van der Waals surface area contributed by atoms with Crippen LogP contribution in [-0.2, 0) is 16.6 Å². The van der Waals surface area contributed by atoms with E-state index in [1.54, 1.807) is 0 Å². The molecule has 0 N–H and O–H groups in total. The van der Waals surface area contributed by atoms with Crippen LogP contribution in [0.15, 0.2) is 72.8 Å². The summed E-state index contributed by atoms with van der Waals surface area (Å²) in [5.74, 6) is 1.48. The van der Waals surface area contributed by atoms with Crippen LogP contribution >= 0.6 is 0 Å². The van der Waals surface area contributed by atoms with Crippen LogP contribution in [0.3, 0.4) is 0 Å². The van der Waals surface area contributed by atoms with Crippen molar-refractivity contribution >= 4 is 16.6 Å². The smallest absolute Gasteiger partial charge is 0.144 e. The SMILES string of the molecule is O=C1CCc2cc3c(-c4ccccc4)cccc3cc2C12CC1C=CC2C1. The van der Waals surface area contributed by atoms with E-state index in [2.05, 4.69) is 72.8 Å². The number of benzene rings is 3. The van der Waals surface area contributed by atoms with E-state index < -0.39 is 0 Å². The maximum absolute atomic E-state index is 13.2. The number of ketones is 1. The van der Waals surface area contributed by atoms with Gasteiger partial charge in [-0.25, -0.2) is 0 Å². The molecule has 132 valence electrons. The molecule has 1 nitrogen and oxygen atoms in total. The van der Waals surface area contributed by atoms with Gasteiger partial charge in [0.05, 0.1) is 5.41 Å². The van der Waals surface area contributed by atoms with Crippen LogP contribution in [0.25, 0.3) is 21.9 Å². The Morgan fingerprint density at radius 3 is 2.56 bits per heavy atom. The van der Waals surface area contributed by atoms with Crippen LogP contribution in [0.4, 0.5) is 0 Å². The lowest BCUT2D eigenvalue weighted by atomic mass is 9.62. The van der Waals surface area contributed by atoms with Gasteiger partial charge in [-0.05, 0) is 70.2 Å². The number of fused-ring (bicyclic) bond motifs is 6. The third kappa shape index (κ3) is 2.03. The molecule has 27 heavy (non-hydrogen) atoms. The van der Waals surface area contributed by atoms with Gasteiger partial charge in [0.15, 0.2) is 0 Å². The topological polar surface area (TPSA) is 17.1 Å². The summed E-state index contributed by atoms with van der Waals surface area (Å²) in [6.07, 6.45) is 8.42. The fourth-order valence-corrected chi connectivity index (χ4v) is 5.97. The van der Waals surface area contributed by atoms with Crippen LogP contribution in [0.5, 0.6) is 0 Å². The van der Waals surface area contributed by atoms with Crippen molar-refractivity contribution in [1.29, 1.82) is 0 Å². The Kier molecular flexibility index (Phi) is 3.09. The molecule has 3 unspecified atom stereocenters. The Labute approximate surface area is 159 Å². The lowest BCUT2D eigenvalue weighted by Crippen LogP contribution is -2.43. The normalized spacial score (nSPS) is 28.2. The van der Waals surface area contributed by atoms with E-state index in [1.807, 2.05) is 0 Å². The first-order valence-electron chi connectivity index (χ1n) is 10.1. The maximum atomic E-state index is 13.2. The highest BCUT2D eigenvalue weighted by atomic mass is 16.1. The number of carbonyl (C=O) groups excluding carboxylic acids is 1. The number of rotatable bonds is 1. The molecule has 3 aliphatic rings. The highest BCUT2D eigenvalue weighted by Crippen LogP contribution is 2.57. The molecule has 3 aromatic rings. The Bertz CT molecular complexity index is 1110. The minimum absolute atomic E-state index is 0.246. The van der Waals surface area contributed by atoms with Gasteiger partial charge in [0.1, 0.15) is 5.78 Å². The number of aryl methyl sites for hydroxylation is 1. The molecule has 3 atom stereocenters. The zero-order valence-corrected chi connectivity index (χ0v) is 15.3. The van der Waals surface area contributed by atoms with Crippen LogP contribution in [0.1, 0.15) is 30.4 Å². The third-order valence-corrected chi connectivity index (χ3v) is 7.18. The zero-order valence-electron chi connectivity index (χ0n) is 15.3. The molecule has 1 saturated carbocycles. The highest BCUT2D eigenvalue weighted by molar-refractivity contribution is 6.01. The number of Topliss-reactive ketones (excluding diaryl/α,β-unsaturated/α-hetero) is 1. The van der Waals surface area contributed by atoms with Crippen molar-refractivity contribution in [2.45, 2.75) is 31.1 Å². The standard InChI is InChI=1S/C26H22O/c27-25-12-10-20-14-23-19(7-4-8-22(23)18-5-2-1-3-6-18)15-24(20)26(25)16-17-9-11-21(26)13-17/h1-9,11,14-15,17,21H,10,12-13,16H2. The summed E-state index contributed by atoms with van der Waals surface area (Å²) in [4.78, 5) is 13.2. The van der Waals surface area contributed by atoms with Gasteiger partial charge in [-0.1, -0.05) is 66.7 Å².